The summed E-state index contributed by atoms with van der Waals surface area (Å²) < 4.78 is 5.86. The largest absolute Gasteiger partial charge is 0.457 e. The van der Waals surface area contributed by atoms with Crippen LogP contribution in [0.3, 0.4) is 0 Å². The van der Waals surface area contributed by atoms with E-state index in [1.54, 1.807) is 17.4 Å². The molecule has 0 aliphatic heterocycles. The Balaban J connectivity index is 2.11. The molecule has 0 aliphatic carbocycles. The second-order valence-electron chi connectivity index (χ2n) is 5.63. The highest BCUT2D eigenvalue weighted by Gasteiger charge is 2.13. The molecule has 0 saturated carbocycles. The van der Waals surface area contributed by atoms with Gasteiger partial charge in [0.05, 0.1) is 12.6 Å². The Labute approximate surface area is 143 Å². The predicted molar refractivity (Wildman–Crippen MR) is 98.5 cm³/mol. The number of hydrogen-bond acceptors (Lipinski definition) is 4. The van der Waals surface area contributed by atoms with Crippen LogP contribution < -0.4 is 4.74 Å². The van der Waals surface area contributed by atoms with E-state index in [0.29, 0.717) is 6.54 Å². The second-order valence-corrected chi connectivity index (χ2v) is 5.63. The molecule has 1 atom stereocenters. The average molecular weight is 324 g/mol. The molecule has 2 rings (SSSR count). The van der Waals surface area contributed by atoms with Crippen molar-refractivity contribution in [3.8, 4) is 11.5 Å². The molecule has 0 spiro atoms. The molecule has 24 heavy (non-hydrogen) atoms. The maximum absolute atomic E-state index is 10.4. The smallest absolute Gasteiger partial charge is 0.127 e. The molecule has 0 bridgehead atoms. The highest BCUT2D eigenvalue weighted by atomic mass is 16.5. The summed E-state index contributed by atoms with van der Waals surface area (Å²) in [5, 5.41) is 16.2. The maximum Gasteiger partial charge on any atom is 0.127 e. The van der Waals surface area contributed by atoms with Crippen LogP contribution in [0.2, 0.25) is 0 Å². The summed E-state index contributed by atoms with van der Waals surface area (Å²) in [6.45, 7) is 9.88. The molecule has 2 aromatic rings. The third-order valence-corrected chi connectivity index (χ3v) is 3.69. The molecule has 0 saturated heterocycles. The van der Waals surface area contributed by atoms with Crippen LogP contribution in [-0.2, 0) is 0 Å². The highest BCUT2D eigenvalue weighted by Crippen LogP contribution is 2.27. The van der Waals surface area contributed by atoms with E-state index in [1.807, 2.05) is 63.2 Å². The molecule has 0 amide bonds. The van der Waals surface area contributed by atoms with Gasteiger partial charge in [0.15, 0.2) is 0 Å². The van der Waals surface area contributed by atoms with Crippen LogP contribution in [0.15, 0.2) is 60.3 Å². The van der Waals surface area contributed by atoms with Crippen LogP contribution in [0, 0.1) is 13.8 Å². The Kier molecular flexibility index (Phi) is 6.15. The number of hydrazone groups is 1. The zero-order valence-electron chi connectivity index (χ0n) is 14.4. The molecule has 126 valence electrons. The topological polar surface area (TPSA) is 45.1 Å². The van der Waals surface area contributed by atoms with Crippen LogP contribution >= 0.6 is 0 Å². The van der Waals surface area contributed by atoms with Crippen LogP contribution in [0.25, 0.3) is 0 Å². The number of nitrogens with zero attached hydrogens (tertiary/aromatic N) is 2. The SMILES string of the molecule is C=CN(CC(O)c1ccc(Oc2ccc(C)cc2)cc1C)/N=C\C. The molecule has 0 aromatic heterocycles. The predicted octanol–water partition coefficient (Wildman–Crippen LogP) is 4.58. The quantitative estimate of drug-likeness (QED) is 0.599. The minimum absolute atomic E-state index is 0.354. The summed E-state index contributed by atoms with van der Waals surface area (Å²) in [6, 6.07) is 13.6. The molecule has 1 N–H and O–H groups in total. The molecular formula is C20H24N2O2. The van der Waals surface area contributed by atoms with Gasteiger partial charge in [-0.1, -0.05) is 30.3 Å². The lowest BCUT2D eigenvalue weighted by Gasteiger charge is -2.20. The van der Waals surface area contributed by atoms with Crippen molar-refractivity contribution in [2.45, 2.75) is 26.9 Å². The van der Waals surface area contributed by atoms with Crippen LogP contribution in [0.4, 0.5) is 0 Å². The van der Waals surface area contributed by atoms with Gasteiger partial charge in [-0.3, -0.25) is 5.01 Å². The Morgan fingerprint density at radius 2 is 1.83 bits per heavy atom. The molecule has 0 fully saturated rings. The van der Waals surface area contributed by atoms with Gasteiger partial charge in [-0.05, 0) is 56.2 Å². The van der Waals surface area contributed by atoms with Gasteiger partial charge < -0.3 is 9.84 Å². The fourth-order valence-corrected chi connectivity index (χ4v) is 2.42. The first kappa shape index (κ1) is 17.8. The van der Waals surface area contributed by atoms with Crippen molar-refractivity contribution in [3.05, 3.63) is 71.9 Å². The zero-order valence-corrected chi connectivity index (χ0v) is 14.4. The maximum atomic E-state index is 10.4. The van der Waals surface area contributed by atoms with Gasteiger partial charge in [-0.2, -0.15) is 5.10 Å². The highest BCUT2D eigenvalue weighted by molar-refractivity contribution is 5.52. The zero-order chi connectivity index (χ0) is 17.5. The number of aryl methyl sites for hydroxylation is 2. The van der Waals surface area contributed by atoms with E-state index in [9.17, 15) is 5.11 Å². The van der Waals surface area contributed by atoms with Gasteiger partial charge in [-0.25, -0.2) is 0 Å². The van der Waals surface area contributed by atoms with Gasteiger partial charge in [0.2, 0.25) is 0 Å². The fourth-order valence-electron chi connectivity index (χ4n) is 2.42. The first-order chi connectivity index (χ1) is 11.5. The molecular weight excluding hydrogens is 300 g/mol. The Morgan fingerprint density at radius 1 is 1.17 bits per heavy atom. The number of ether oxygens (including phenoxy) is 1. The number of rotatable bonds is 7. The summed E-state index contributed by atoms with van der Waals surface area (Å²) >= 11 is 0. The van der Waals surface area contributed by atoms with E-state index >= 15 is 0 Å². The summed E-state index contributed by atoms with van der Waals surface area (Å²) in [5.74, 6) is 1.54. The second kappa shape index (κ2) is 8.31. The van der Waals surface area contributed by atoms with Crippen molar-refractivity contribution in [2.24, 2.45) is 5.10 Å². The lowest BCUT2D eigenvalue weighted by molar-refractivity contribution is 0.137. The van der Waals surface area contributed by atoms with Gasteiger partial charge in [-0.15, -0.1) is 0 Å². The van der Waals surface area contributed by atoms with E-state index in [4.69, 9.17) is 4.74 Å². The first-order valence-corrected chi connectivity index (χ1v) is 7.94. The normalized spacial score (nSPS) is 12.2. The van der Waals surface area contributed by atoms with Gasteiger partial charge in [0.25, 0.3) is 0 Å². The number of aliphatic hydroxyl groups is 1. The molecule has 0 aliphatic rings. The van der Waals surface area contributed by atoms with E-state index in [-0.39, 0.29) is 0 Å². The molecule has 4 nitrogen and oxygen atoms in total. The van der Waals surface area contributed by atoms with E-state index in [1.165, 1.54) is 5.56 Å². The van der Waals surface area contributed by atoms with Crippen molar-refractivity contribution in [3.63, 3.8) is 0 Å². The monoisotopic (exact) mass is 324 g/mol. The lowest BCUT2D eigenvalue weighted by Crippen LogP contribution is -2.19. The first-order valence-electron chi connectivity index (χ1n) is 7.94. The average Bonchev–Trinajstić information content (AvgIpc) is 2.56. The Bertz CT molecular complexity index is 708. The minimum Gasteiger partial charge on any atom is -0.457 e. The third-order valence-electron chi connectivity index (χ3n) is 3.69. The minimum atomic E-state index is -0.653. The summed E-state index contributed by atoms with van der Waals surface area (Å²) in [7, 11) is 0. The van der Waals surface area contributed by atoms with Gasteiger partial charge in [0, 0.05) is 12.4 Å². The summed E-state index contributed by atoms with van der Waals surface area (Å²) in [5.41, 5.74) is 3.01. The van der Waals surface area contributed by atoms with Gasteiger partial charge in [0.1, 0.15) is 11.5 Å². The van der Waals surface area contributed by atoms with Crippen LogP contribution in [0.1, 0.15) is 29.7 Å². The van der Waals surface area contributed by atoms with Gasteiger partial charge >= 0.3 is 0 Å². The molecule has 2 aromatic carbocycles. The molecule has 0 radical (unpaired) electrons. The third kappa shape index (κ3) is 4.70. The Morgan fingerprint density at radius 3 is 2.42 bits per heavy atom. The standard InChI is InChI=1S/C20H24N2O2/c1-5-21-22(6-2)14-20(23)19-12-11-18(13-16(19)4)24-17-9-7-15(3)8-10-17/h5-13,20,23H,2,14H2,1,3-4H3/b21-5-. The molecule has 0 heterocycles. The molecule has 1 unspecified atom stereocenters. The summed E-state index contributed by atoms with van der Waals surface area (Å²) in [4.78, 5) is 0. The van der Waals surface area contributed by atoms with E-state index < -0.39 is 6.10 Å². The van der Waals surface area contributed by atoms with E-state index in [2.05, 4.69) is 11.7 Å². The lowest BCUT2D eigenvalue weighted by atomic mass is 10.0. The van der Waals surface area contributed by atoms with Crippen molar-refractivity contribution >= 4 is 6.21 Å². The van der Waals surface area contributed by atoms with Crippen molar-refractivity contribution in [1.29, 1.82) is 0 Å². The summed E-state index contributed by atoms with van der Waals surface area (Å²) in [6.07, 6.45) is 2.60. The van der Waals surface area contributed by atoms with Crippen molar-refractivity contribution < 1.29 is 9.84 Å². The van der Waals surface area contributed by atoms with E-state index in [0.717, 1.165) is 22.6 Å². The number of aliphatic hydroxyl groups excluding tert-OH is 1. The number of hydrogen-bond donors (Lipinski definition) is 1. The Hall–Kier alpha value is -2.59. The van der Waals surface area contributed by atoms with Crippen molar-refractivity contribution in [1.82, 2.24) is 5.01 Å². The molecule has 4 heteroatoms. The van der Waals surface area contributed by atoms with Crippen LogP contribution in [0.5, 0.6) is 11.5 Å². The van der Waals surface area contributed by atoms with Crippen LogP contribution in [-0.4, -0.2) is 22.9 Å². The number of benzene rings is 2. The van der Waals surface area contributed by atoms with Crippen molar-refractivity contribution in [2.75, 3.05) is 6.54 Å². The fraction of sp³-hybridized carbons (Fsp3) is 0.250.